The van der Waals surface area contributed by atoms with Gasteiger partial charge >= 0.3 is 0 Å². The highest BCUT2D eigenvalue weighted by molar-refractivity contribution is 7.91. The molecule has 0 aliphatic carbocycles. The molecule has 0 N–H and O–H groups in total. The van der Waals surface area contributed by atoms with Gasteiger partial charge in [0.25, 0.3) is 0 Å². The predicted molar refractivity (Wildman–Crippen MR) is 106 cm³/mol. The lowest BCUT2D eigenvalue weighted by molar-refractivity contribution is -0.132. The number of amides is 1. The average Bonchev–Trinajstić information content (AvgIpc) is 3.21. The topological polar surface area (TPSA) is 76.6 Å². The molecule has 0 bridgehead atoms. The normalized spacial score (nSPS) is 18.4. The zero-order chi connectivity index (χ0) is 19.4. The molecule has 2 aromatic rings. The van der Waals surface area contributed by atoms with Crippen LogP contribution in [-0.2, 0) is 27.7 Å². The lowest BCUT2D eigenvalue weighted by Gasteiger charge is -2.26. The minimum Gasteiger partial charge on any atom is -0.486 e. The average molecular weight is 409 g/mol. The number of nitrogens with zero attached hydrogens (tertiary/aromatic N) is 2. The zero-order valence-electron chi connectivity index (χ0n) is 15.6. The molecule has 3 rings (SSSR count). The fourth-order valence-electron chi connectivity index (χ4n) is 3.19. The van der Waals surface area contributed by atoms with Gasteiger partial charge in [0, 0.05) is 18.0 Å². The van der Waals surface area contributed by atoms with E-state index >= 15 is 0 Å². The Kier molecular flexibility index (Phi) is 6.16. The van der Waals surface area contributed by atoms with E-state index in [-0.39, 0.29) is 29.9 Å². The van der Waals surface area contributed by atoms with E-state index in [4.69, 9.17) is 4.74 Å². The molecule has 146 valence electrons. The van der Waals surface area contributed by atoms with Crippen molar-refractivity contribution >= 4 is 27.1 Å². The summed E-state index contributed by atoms with van der Waals surface area (Å²) in [5, 5.41) is 2.68. The summed E-state index contributed by atoms with van der Waals surface area (Å²) in [5.41, 5.74) is 1.87. The molecule has 0 unspecified atom stereocenters. The summed E-state index contributed by atoms with van der Waals surface area (Å²) in [6, 6.07) is 7.60. The first-order chi connectivity index (χ1) is 12.9. The van der Waals surface area contributed by atoms with E-state index in [0.29, 0.717) is 25.3 Å². The van der Waals surface area contributed by atoms with Crippen LogP contribution < -0.4 is 4.74 Å². The van der Waals surface area contributed by atoms with Crippen LogP contribution in [0.1, 0.15) is 29.6 Å². The fourth-order valence-corrected chi connectivity index (χ4v) is 5.63. The number of carbonyl (C=O) groups excluding carboxylic acids is 1. The Labute approximate surface area is 164 Å². The van der Waals surface area contributed by atoms with E-state index in [9.17, 15) is 13.2 Å². The van der Waals surface area contributed by atoms with Gasteiger partial charge in [-0.1, -0.05) is 17.7 Å². The SMILES string of the molecule is CCN(C(=O)Cc1csc(COc2ccc(C)cc2)n1)[C@@H]1CCS(=O)(=O)C1. The number of sulfone groups is 1. The van der Waals surface area contributed by atoms with Gasteiger partial charge in [-0.15, -0.1) is 11.3 Å². The molecule has 1 fully saturated rings. The van der Waals surface area contributed by atoms with E-state index in [2.05, 4.69) is 4.98 Å². The van der Waals surface area contributed by atoms with E-state index in [1.165, 1.54) is 16.9 Å². The van der Waals surface area contributed by atoms with E-state index < -0.39 is 9.84 Å². The van der Waals surface area contributed by atoms with E-state index in [1.54, 1.807) is 4.90 Å². The number of ether oxygens (including phenoxy) is 1. The van der Waals surface area contributed by atoms with Crippen LogP contribution in [0.3, 0.4) is 0 Å². The minimum atomic E-state index is -3.01. The highest BCUT2D eigenvalue weighted by atomic mass is 32.2. The van der Waals surface area contributed by atoms with Crippen molar-refractivity contribution in [1.82, 2.24) is 9.88 Å². The number of hydrogen-bond acceptors (Lipinski definition) is 6. The second-order valence-corrected chi connectivity index (χ2v) is 9.92. The van der Waals surface area contributed by atoms with Gasteiger partial charge in [0.2, 0.25) is 5.91 Å². The quantitative estimate of drug-likeness (QED) is 0.704. The molecule has 1 amide bonds. The highest BCUT2D eigenvalue weighted by Crippen LogP contribution is 2.20. The van der Waals surface area contributed by atoms with Crippen molar-refractivity contribution in [3.8, 4) is 5.75 Å². The van der Waals surface area contributed by atoms with Crippen LogP contribution in [0.2, 0.25) is 0 Å². The van der Waals surface area contributed by atoms with Crippen LogP contribution >= 0.6 is 11.3 Å². The Morgan fingerprint density at radius 2 is 2.07 bits per heavy atom. The summed E-state index contributed by atoms with van der Waals surface area (Å²) in [4.78, 5) is 18.8. The number of benzene rings is 1. The monoisotopic (exact) mass is 408 g/mol. The van der Waals surface area contributed by atoms with Gasteiger partial charge in [-0.2, -0.15) is 0 Å². The molecule has 1 aliphatic heterocycles. The molecule has 1 saturated heterocycles. The number of aryl methyl sites for hydroxylation is 1. The van der Waals surface area contributed by atoms with Crippen molar-refractivity contribution in [2.24, 2.45) is 0 Å². The molecule has 0 radical (unpaired) electrons. The third kappa shape index (κ3) is 5.29. The van der Waals surface area contributed by atoms with Gasteiger partial charge in [-0.05, 0) is 32.4 Å². The molecular weight excluding hydrogens is 384 g/mol. The fraction of sp³-hybridized carbons (Fsp3) is 0.474. The Hall–Kier alpha value is -1.93. The molecule has 1 aromatic heterocycles. The first-order valence-corrected chi connectivity index (χ1v) is 11.7. The summed E-state index contributed by atoms with van der Waals surface area (Å²) < 4.78 is 29.1. The largest absolute Gasteiger partial charge is 0.486 e. The van der Waals surface area contributed by atoms with Gasteiger partial charge in [-0.25, -0.2) is 13.4 Å². The molecule has 1 aliphatic rings. The van der Waals surface area contributed by atoms with Crippen LogP contribution in [0.25, 0.3) is 0 Å². The van der Waals surface area contributed by atoms with Crippen LogP contribution in [-0.4, -0.2) is 48.3 Å². The summed E-state index contributed by atoms with van der Waals surface area (Å²) in [5.74, 6) is 0.946. The number of aromatic nitrogens is 1. The predicted octanol–water partition coefficient (Wildman–Crippen LogP) is 2.61. The lowest BCUT2D eigenvalue weighted by atomic mass is 10.2. The molecule has 27 heavy (non-hydrogen) atoms. The second-order valence-electron chi connectivity index (χ2n) is 6.75. The van der Waals surface area contributed by atoms with Crippen molar-refractivity contribution in [1.29, 1.82) is 0 Å². The van der Waals surface area contributed by atoms with E-state index in [1.807, 2.05) is 43.5 Å². The molecule has 0 saturated carbocycles. The van der Waals surface area contributed by atoms with Crippen LogP contribution in [0, 0.1) is 6.92 Å². The third-order valence-electron chi connectivity index (χ3n) is 4.63. The van der Waals surface area contributed by atoms with Crippen molar-refractivity contribution in [3.05, 3.63) is 45.9 Å². The summed E-state index contributed by atoms with van der Waals surface area (Å²) in [7, 11) is -3.01. The number of carbonyl (C=O) groups is 1. The van der Waals surface area contributed by atoms with Gasteiger partial charge in [0.05, 0.1) is 23.6 Å². The third-order valence-corrected chi connectivity index (χ3v) is 7.25. The van der Waals surface area contributed by atoms with Crippen molar-refractivity contribution < 1.29 is 17.9 Å². The number of hydrogen-bond donors (Lipinski definition) is 0. The van der Waals surface area contributed by atoms with Crippen molar-refractivity contribution in [2.75, 3.05) is 18.1 Å². The van der Waals surface area contributed by atoms with Gasteiger partial charge in [-0.3, -0.25) is 4.79 Å². The number of rotatable bonds is 7. The molecule has 6 nitrogen and oxygen atoms in total. The number of thiazole rings is 1. The van der Waals surface area contributed by atoms with E-state index in [0.717, 1.165) is 10.8 Å². The molecular formula is C19H24N2O4S2. The summed E-state index contributed by atoms with van der Waals surface area (Å²) in [6.07, 6.45) is 0.708. The molecule has 1 atom stereocenters. The van der Waals surface area contributed by atoms with Crippen LogP contribution in [0.5, 0.6) is 5.75 Å². The van der Waals surface area contributed by atoms with Crippen molar-refractivity contribution in [2.45, 2.75) is 39.3 Å². The van der Waals surface area contributed by atoms with Crippen molar-refractivity contribution in [3.63, 3.8) is 0 Å². The summed E-state index contributed by atoms with van der Waals surface area (Å²) >= 11 is 1.46. The van der Waals surface area contributed by atoms with Crippen LogP contribution in [0.4, 0.5) is 0 Å². The smallest absolute Gasteiger partial charge is 0.228 e. The Morgan fingerprint density at radius 1 is 1.33 bits per heavy atom. The highest BCUT2D eigenvalue weighted by Gasteiger charge is 2.33. The second kappa shape index (κ2) is 8.39. The first-order valence-electron chi connectivity index (χ1n) is 8.99. The number of likely N-dealkylation sites (N-methyl/N-ethyl adjacent to an activating group) is 1. The zero-order valence-corrected chi connectivity index (χ0v) is 17.2. The minimum absolute atomic E-state index is 0.0687. The standard InChI is InChI=1S/C19H24N2O4S2/c1-3-21(16-8-9-27(23,24)13-16)19(22)10-15-12-26-18(20-15)11-25-17-6-4-14(2)5-7-17/h4-7,12,16H,3,8-11,13H2,1-2H3/t16-/m1/s1. The van der Waals surface area contributed by atoms with Crippen LogP contribution in [0.15, 0.2) is 29.6 Å². The van der Waals surface area contributed by atoms with Gasteiger partial charge in [0.1, 0.15) is 17.4 Å². The Balaban J connectivity index is 1.56. The van der Waals surface area contributed by atoms with Gasteiger partial charge in [0.15, 0.2) is 9.84 Å². The maximum Gasteiger partial charge on any atom is 0.228 e. The van der Waals surface area contributed by atoms with Gasteiger partial charge < -0.3 is 9.64 Å². The maximum atomic E-state index is 12.6. The molecule has 8 heteroatoms. The summed E-state index contributed by atoms with van der Waals surface area (Å²) in [6.45, 7) is 4.77. The lowest BCUT2D eigenvalue weighted by Crippen LogP contribution is -2.41. The Bertz CT molecular complexity index is 891. The molecule has 0 spiro atoms. The Morgan fingerprint density at radius 3 is 2.70 bits per heavy atom. The first kappa shape index (κ1) is 19.8. The maximum absolute atomic E-state index is 12.6. The molecule has 2 heterocycles. The molecule has 1 aromatic carbocycles.